The van der Waals surface area contributed by atoms with Gasteiger partial charge in [-0.1, -0.05) is 36.4 Å². The zero-order valence-electron chi connectivity index (χ0n) is 16.9. The van der Waals surface area contributed by atoms with Gasteiger partial charge in [0.1, 0.15) is 0 Å². The molecule has 1 amide bonds. The van der Waals surface area contributed by atoms with Crippen LogP contribution in [-0.4, -0.2) is 62.7 Å². The summed E-state index contributed by atoms with van der Waals surface area (Å²) in [5.74, 6) is 1.52. The minimum atomic E-state index is 0.177. The van der Waals surface area contributed by atoms with Crippen molar-refractivity contribution < 1.29 is 14.3 Å². The molecule has 28 heavy (non-hydrogen) atoms. The van der Waals surface area contributed by atoms with Gasteiger partial charge < -0.3 is 14.4 Å². The summed E-state index contributed by atoms with van der Waals surface area (Å²) in [5, 5.41) is 0. The molecular formula is C23H30N2O3. The molecule has 0 atom stereocenters. The fourth-order valence-corrected chi connectivity index (χ4v) is 3.65. The SMILES string of the molecule is COc1ccc(CC(=O)N2CCN(CCCc3ccccc3)CC2)cc1OC. The summed E-state index contributed by atoms with van der Waals surface area (Å²) < 4.78 is 10.6. The Hall–Kier alpha value is -2.53. The van der Waals surface area contributed by atoms with Crippen molar-refractivity contribution in [2.75, 3.05) is 46.9 Å². The number of piperazine rings is 1. The van der Waals surface area contributed by atoms with E-state index >= 15 is 0 Å². The van der Waals surface area contributed by atoms with E-state index in [1.54, 1.807) is 14.2 Å². The lowest BCUT2D eigenvalue weighted by Crippen LogP contribution is -2.49. The second kappa shape index (κ2) is 10.1. The summed E-state index contributed by atoms with van der Waals surface area (Å²) in [4.78, 5) is 17.1. The molecule has 1 aliphatic rings. The van der Waals surface area contributed by atoms with Gasteiger partial charge in [0.15, 0.2) is 11.5 Å². The number of ether oxygens (including phenoxy) is 2. The zero-order chi connectivity index (χ0) is 19.8. The molecule has 1 saturated heterocycles. The summed E-state index contributed by atoms with van der Waals surface area (Å²) in [6.45, 7) is 4.60. The van der Waals surface area contributed by atoms with Crippen molar-refractivity contribution in [2.45, 2.75) is 19.3 Å². The van der Waals surface area contributed by atoms with E-state index in [9.17, 15) is 4.79 Å². The molecule has 2 aromatic rings. The van der Waals surface area contributed by atoms with E-state index in [2.05, 4.69) is 35.2 Å². The number of carbonyl (C=O) groups is 1. The van der Waals surface area contributed by atoms with Crippen LogP contribution in [0.3, 0.4) is 0 Å². The van der Waals surface area contributed by atoms with Crippen LogP contribution >= 0.6 is 0 Å². The molecule has 0 unspecified atom stereocenters. The van der Waals surface area contributed by atoms with E-state index in [1.807, 2.05) is 23.1 Å². The molecule has 0 aromatic heterocycles. The molecular weight excluding hydrogens is 352 g/mol. The van der Waals surface area contributed by atoms with E-state index in [-0.39, 0.29) is 5.91 Å². The Morgan fingerprint density at radius 1 is 0.893 bits per heavy atom. The Morgan fingerprint density at radius 3 is 2.29 bits per heavy atom. The van der Waals surface area contributed by atoms with Crippen molar-refractivity contribution >= 4 is 5.91 Å². The molecule has 2 aromatic carbocycles. The van der Waals surface area contributed by atoms with Gasteiger partial charge in [0.05, 0.1) is 20.6 Å². The first-order chi connectivity index (χ1) is 13.7. The molecule has 3 rings (SSSR count). The Labute approximate surface area is 167 Å². The zero-order valence-corrected chi connectivity index (χ0v) is 16.9. The first-order valence-electron chi connectivity index (χ1n) is 9.94. The maximum absolute atomic E-state index is 12.7. The van der Waals surface area contributed by atoms with Gasteiger partial charge >= 0.3 is 0 Å². The monoisotopic (exact) mass is 382 g/mol. The lowest BCUT2D eigenvalue weighted by atomic mass is 10.1. The number of carbonyl (C=O) groups excluding carboxylic acids is 1. The second-order valence-electron chi connectivity index (χ2n) is 7.18. The minimum Gasteiger partial charge on any atom is -0.493 e. The van der Waals surface area contributed by atoms with Crippen molar-refractivity contribution in [1.82, 2.24) is 9.80 Å². The Balaban J connectivity index is 1.42. The lowest BCUT2D eigenvalue weighted by Gasteiger charge is -2.34. The van der Waals surface area contributed by atoms with Crippen molar-refractivity contribution in [1.29, 1.82) is 0 Å². The van der Waals surface area contributed by atoms with Crippen LogP contribution in [0.2, 0.25) is 0 Å². The van der Waals surface area contributed by atoms with Crippen molar-refractivity contribution in [2.24, 2.45) is 0 Å². The van der Waals surface area contributed by atoms with Crippen LogP contribution in [0.25, 0.3) is 0 Å². The topological polar surface area (TPSA) is 42.0 Å². The van der Waals surface area contributed by atoms with Gasteiger partial charge in [-0.2, -0.15) is 0 Å². The highest BCUT2D eigenvalue weighted by atomic mass is 16.5. The third-order valence-corrected chi connectivity index (χ3v) is 5.31. The highest BCUT2D eigenvalue weighted by molar-refractivity contribution is 5.79. The highest BCUT2D eigenvalue weighted by Crippen LogP contribution is 2.27. The molecule has 0 aliphatic carbocycles. The van der Waals surface area contributed by atoms with Crippen LogP contribution in [0.4, 0.5) is 0 Å². The van der Waals surface area contributed by atoms with Gasteiger partial charge in [0.25, 0.3) is 0 Å². The highest BCUT2D eigenvalue weighted by Gasteiger charge is 2.21. The largest absolute Gasteiger partial charge is 0.493 e. The van der Waals surface area contributed by atoms with Crippen molar-refractivity contribution in [3.8, 4) is 11.5 Å². The lowest BCUT2D eigenvalue weighted by molar-refractivity contribution is -0.132. The van der Waals surface area contributed by atoms with Crippen molar-refractivity contribution in [3.63, 3.8) is 0 Å². The van der Waals surface area contributed by atoms with E-state index in [1.165, 1.54) is 5.56 Å². The predicted octanol–water partition coefficient (Wildman–Crippen LogP) is 3.02. The maximum Gasteiger partial charge on any atom is 0.227 e. The van der Waals surface area contributed by atoms with E-state index in [4.69, 9.17) is 9.47 Å². The molecule has 1 heterocycles. The first kappa shape index (κ1) is 20.2. The standard InChI is InChI=1S/C23H30N2O3/c1-27-21-11-10-20(17-22(21)28-2)18-23(26)25-15-13-24(14-16-25)12-6-9-19-7-4-3-5-8-19/h3-5,7-8,10-11,17H,6,9,12-16,18H2,1-2H3. The Bertz CT molecular complexity index is 756. The number of benzene rings is 2. The molecule has 1 fully saturated rings. The van der Waals surface area contributed by atoms with Crippen LogP contribution in [0.15, 0.2) is 48.5 Å². The molecule has 0 spiro atoms. The third kappa shape index (κ3) is 5.49. The summed E-state index contributed by atoms with van der Waals surface area (Å²) in [5.41, 5.74) is 2.35. The Kier molecular flexibility index (Phi) is 7.31. The van der Waals surface area contributed by atoms with E-state index in [0.29, 0.717) is 17.9 Å². The molecule has 0 radical (unpaired) electrons. The Morgan fingerprint density at radius 2 is 1.61 bits per heavy atom. The van der Waals surface area contributed by atoms with Gasteiger partial charge in [-0.15, -0.1) is 0 Å². The van der Waals surface area contributed by atoms with Crippen LogP contribution < -0.4 is 9.47 Å². The molecule has 5 heteroatoms. The molecule has 0 N–H and O–H groups in total. The molecule has 1 aliphatic heterocycles. The third-order valence-electron chi connectivity index (χ3n) is 5.31. The van der Waals surface area contributed by atoms with Crippen LogP contribution in [0.1, 0.15) is 17.5 Å². The minimum absolute atomic E-state index is 0.177. The van der Waals surface area contributed by atoms with Crippen molar-refractivity contribution in [3.05, 3.63) is 59.7 Å². The summed E-state index contributed by atoms with van der Waals surface area (Å²) in [6.07, 6.45) is 2.66. The number of nitrogens with zero attached hydrogens (tertiary/aromatic N) is 2. The number of amides is 1. The van der Waals surface area contributed by atoms with Gasteiger partial charge in [-0.25, -0.2) is 0 Å². The van der Waals surface area contributed by atoms with Gasteiger partial charge in [-0.3, -0.25) is 9.69 Å². The fraction of sp³-hybridized carbons (Fsp3) is 0.435. The average molecular weight is 383 g/mol. The second-order valence-corrected chi connectivity index (χ2v) is 7.18. The first-order valence-corrected chi connectivity index (χ1v) is 9.94. The normalized spacial score (nSPS) is 14.7. The van der Waals surface area contributed by atoms with Gasteiger partial charge in [0, 0.05) is 26.2 Å². The molecule has 5 nitrogen and oxygen atoms in total. The quantitative estimate of drug-likeness (QED) is 0.704. The number of aryl methyl sites for hydroxylation is 1. The number of hydrogen-bond donors (Lipinski definition) is 0. The number of rotatable bonds is 8. The molecule has 0 saturated carbocycles. The molecule has 0 bridgehead atoms. The van der Waals surface area contributed by atoms with E-state index < -0.39 is 0 Å². The summed E-state index contributed by atoms with van der Waals surface area (Å²) in [7, 11) is 3.22. The maximum atomic E-state index is 12.7. The smallest absolute Gasteiger partial charge is 0.227 e. The van der Waals surface area contributed by atoms with Crippen LogP contribution in [0.5, 0.6) is 11.5 Å². The van der Waals surface area contributed by atoms with E-state index in [0.717, 1.165) is 51.1 Å². The predicted molar refractivity (Wildman–Crippen MR) is 111 cm³/mol. The van der Waals surface area contributed by atoms with Crippen LogP contribution in [-0.2, 0) is 17.6 Å². The average Bonchev–Trinajstić information content (AvgIpc) is 2.75. The number of hydrogen-bond acceptors (Lipinski definition) is 4. The van der Waals surface area contributed by atoms with Crippen LogP contribution in [0, 0.1) is 0 Å². The fourth-order valence-electron chi connectivity index (χ4n) is 3.65. The van der Waals surface area contributed by atoms with Gasteiger partial charge in [0.2, 0.25) is 5.91 Å². The van der Waals surface area contributed by atoms with Gasteiger partial charge in [-0.05, 0) is 42.6 Å². The summed E-state index contributed by atoms with van der Waals surface area (Å²) in [6, 6.07) is 16.3. The number of methoxy groups -OCH3 is 2. The molecule has 150 valence electrons. The summed E-state index contributed by atoms with van der Waals surface area (Å²) >= 11 is 0.